The van der Waals surface area contributed by atoms with E-state index in [4.69, 9.17) is 0 Å². The Morgan fingerprint density at radius 3 is 2.00 bits per heavy atom. The predicted octanol–water partition coefficient (Wildman–Crippen LogP) is 2.54. The van der Waals surface area contributed by atoms with Crippen molar-refractivity contribution < 1.29 is 26.7 Å². The molecule has 0 aliphatic rings. The standard InChI is InChI=1S/C12H7F5N2O/c1-19-4-5(3-18-19)2-6(20)7-8(13)10(15)12(17)11(16)9(7)14/h3-4H,2H2,1H3. The van der Waals surface area contributed by atoms with Crippen LogP contribution in [0.15, 0.2) is 12.4 Å². The van der Waals surface area contributed by atoms with Gasteiger partial charge in [0, 0.05) is 19.7 Å². The average Bonchev–Trinajstić information content (AvgIpc) is 2.79. The molecule has 0 saturated carbocycles. The summed E-state index contributed by atoms with van der Waals surface area (Å²) in [6, 6.07) is 0. The van der Waals surface area contributed by atoms with Crippen molar-refractivity contribution in [3.8, 4) is 0 Å². The molecular weight excluding hydrogens is 283 g/mol. The van der Waals surface area contributed by atoms with Crippen molar-refractivity contribution >= 4 is 5.78 Å². The molecule has 0 fully saturated rings. The van der Waals surface area contributed by atoms with Gasteiger partial charge in [-0.2, -0.15) is 5.10 Å². The van der Waals surface area contributed by atoms with Crippen LogP contribution in [0.2, 0.25) is 0 Å². The first kappa shape index (κ1) is 14.2. The van der Waals surface area contributed by atoms with Gasteiger partial charge in [-0.3, -0.25) is 9.48 Å². The molecule has 0 amide bonds. The van der Waals surface area contributed by atoms with Crippen molar-refractivity contribution in [2.75, 3.05) is 0 Å². The van der Waals surface area contributed by atoms with E-state index in [9.17, 15) is 26.7 Å². The first-order valence-electron chi connectivity index (χ1n) is 5.35. The lowest BCUT2D eigenvalue weighted by Crippen LogP contribution is -2.14. The Morgan fingerprint density at radius 1 is 1.05 bits per heavy atom. The number of rotatable bonds is 3. The molecule has 1 aromatic carbocycles. The molecule has 1 heterocycles. The molecule has 0 bridgehead atoms. The average molecular weight is 290 g/mol. The van der Waals surface area contributed by atoms with Crippen LogP contribution in [0.3, 0.4) is 0 Å². The second kappa shape index (κ2) is 5.03. The molecule has 1 aromatic heterocycles. The van der Waals surface area contributed by atoms with Gasteiger partial charge in [-0.15, -0.1) is 0 Å². The number of hydrogen-bond donors (Lipinski definition) is 0. The molecule has 0 unspecified atom stereocenters. The van der Waals surface area contributed by atoms with E-state index in [0.29, 0.717) is 5.56 Å². The van der Waals surface area contributed by atoms with Crippen molar-refractivity contribution in [2.45, 2.75) is 6.42 Å². The Morgan fingerprint density at radius 2 is 1.55 bits per heavy atom. The number of aromatic nitrogens is 2. The Balaban J connectivity index is 2.45. The van der Waals surface area contributed by atoms with E-state index in [1.807, 2.05) is 0 Å². The van der Waals surface area contributed by atoms with Crippen LogP contribution in [0.1, 0.15) is 15.9 Å². The van der Waals surface area contributed by atoms with Gasteiger partial charge in [-0.25, -0.2) is 22.0 Å². The highest BCUT2D eigenvalue weighted by atomic mass is 19.2. The molecule has 0 N–H and O–H groups in total. The lowest BCUT2D eigenvalue weighted by atomic mass is 10.0. The minimum absolute atomic E-state index is 0.293. The number of benzene rings is 1. The van der Waals surface area contributed by atoms with E-state index in [2.05, 4.69) is 5.10 Å². The molecule has 2 rings (SSSR count). The van der Waals surface area contributed by atoms with Gasteiger partial charge in [0.15, 0.2) is 29.1 Å². The summed E-state index contributed by atoms with van der Waals surface area (Å²) in [5.74, 6) is -12.0. The SMILES string of the molecule is Cn1cc(CC(=O)c2c(F)c(F)c(F)c(F)c2F)cn1. The third-order valence-electron chi connectivity index (χ3n) is 2.61. The number of carbonyl (C=O) groups excluding carboxylic acids is 1. The number of carbonyl (C=O) groups is 1. The highest BCUT2D eigenvalue weighted by Crippen LogP contribution is 2.24. The second-order valence-corrected chi connectivity index (χ2v) is 4.07. The van der Waals surface area contributed by atoms with Crippen LogP contribution >= 0.6 is 0 Å². The van der Waals surface area contributed by atoms with Gasteiger partial charge in [-0.05, 0) is 5.56 Å². The predicted molar refractivity (Wildman–Crippen MR) is 57.5 cm³/mol. The summed E-state index contributed by atoms with van der Waals surface area (Å²) < 4.78 is 66.9. The van der Waals surface area contributed by atoms with E-state index in [0.717, 1.165) is 0 Å². The normalized spacial score (nSPS) is 10.9. The maximum absolute atomic E-state index is 13.4. The van der Waals surface area contributed by atoms with Crippen molar-refractivity contribution in [3.63, 3.8) is 0 Å². The number of ketones is 1. The fourth-order valence-electron chi connectivity index (χ4n) is 1.69. The lowest BCUT2D eigenvalue weighted by molar-refractivity contribution is 0.0981. The summed E-state index contributed by atoms with van der Waals surface area (Å²) >= 11 is 0. The molecule has 8 heteroatoms. The van der Waals surface area contributed by atoms with Gasteiger partial charge in [-0.1, -0.05) is 0 Å². The molecule has 106 valence electrons. The van der Waals surface area contributed by atoms with Gasteiger partial charge >= 0.3 is 0 Å². The van der Waals surface area contributed by atoms with E-state index < -0.39 is 46.9 Å². The molecule has 0 saturated heterocycles. The van der Waals surface area contributed by atoms with Gasteiger partial charge in [0.05, 0.1) is 11.8 Å². The van der Waals surface area contributed by atoms with Crippen LogP contribution in [0.25, 0.3) is 0 Å². The van der Waals surface area contributed by atoms with Crippen molar-refractivity contribution in [3.05, 3.63) is 52.6 Å². The zero-order valence-electron chi connectivity index (χ0n) is 10.1. The maximum Gasteiger partial charge on any atom is 0.200 e. The van der Waals surface area contributed by atoms with Crippen molar-refractivity contribution in [1.82, 2.24) is 9.78 Å². The third-order valence-corrected chi connectivity index (χ3v) is 2.61. The zero-order valence-corrected chi connectivity index (χ0v) is 10.1. The summed E-state index contributed by atoms with van der Waals surface area (Å²) in [6.07, 6.45) is 2.13. The fourth-order valence-corrected chi connectivity index (χ4v) is 1.69. The molecule has 0 spiro atoms. The Labute approximate surface area is 109 Å². The van der Waals surface area contributed by atoms with Crippen LogP contribution in [0, 0.1) is 29.1 Å². The monoisotopic (exact) mass is 290 g/mol. The summed E-state index contributed by atoms with van der Waals surface area (Å²) in [7, 11) is 1.55. The van der Waals surface area contributed by atoms with E-state index in [1.54, 1.807) is 7.05 Å². The molecular formula is C12H7F5N2O. The third kappa shape index (κ3) is 2.28. The van der Waals surface area contributed by atoms with Crippen molar-refractivity contribution in [2.24, 2.45) is 7.05 Å². The first-order valence-corrected chi connectivity index (χ1v) is 5.35. The molecule has 2 aromatic rings. The number of halogens is 5. The molecule has 3 nitrogen and oxygen atoms in total. The molecule has 20 heavy (non-hydrogen) atoms. The van der Waals surface area contributed by atoms with Crippen LogP contribution in [0.5, 0.6) is 0 Å². The van der Waals surface area contributed by atoms with Crippen LogP contribution in [-0.4, -0.2) is 15.6 Å². The van der Waals surface area contributed by atoms with Gasteiger partial charge < -0.3 is 0 Å². The van der Waals surface area contributed by atoms with E-state index in [1.165, 1.54) is 17.1 Å². The van der Waals surface area contributed by atoms with Gasteiger partial charge in [0.2, 0.25) is 5.82 Å². The second-order valence-electron chi connectivity index (χ2n) is 4.07. The number of Topliss-reactive ketones (excluding diaryl/α,β-unsaturated/α-hetero) is 1. The largest absolute Gasteiger partial charge is 0.294 e. The molecule has 0 aliphatic heterocycles. The minimum Gasteiger partial charge on any atom is -0.294 e. The van der Waals surface area contributed by atoms with Crippen LogP contribution < -0.4 is 0 Å². The number of nitrogens with zero attached hydrogens (tertiary/aromatic N) is 2. The number of aryl methyl sites for hydroxylation is 1. The Hall–Kier alpha value is -2.25. The molecule has 0 aliphatic carbocycles. The molecule has 0 atom stereocenters. The maximum atomic E-state index is 13.4. The lowest BCUT2D eigenvalue weighted by Gasteiger charge is -2.06. The summed E-state index contributed by atoms with van der Waals surface area (Å²) in [5.41, 5.74) is -1.15. The summed E-state index contributed by atoms with van der Waals surface area (Å²) in [6.45, 7) is 0. The van der Waals surface area contributed by atoms with Crippen LogP contribution in [0.4, 0.5) is 22.0 Å². The Kier molecular flexibility index (Phi) is 3.56. The highest BCUT2D eigenvalue weighted by molar-refractivity contribution is 5.98. The van der Waals surface area contributed by atoms with E-state index in [-0.39, 0.29) is 0 Å². The van der Waals surface area contributed by atoms with Crippen LogP contribution in [-0.2, 0) is 13.5 Å². The smallest absolute Gasteiger partial charge is 0.200 e. The van der Waals surface area contributed by atoms with Gasteiger partial charge in [0.25, 0.3) is 0 Å². The van der Waals surface area contributed by atoms with Gasteiger partial charge in [0.1, 0.15) is 0 Å². The number of hydrogen-bond acceptors (Lipinski definition) is 2. The minimum atomic E-state index is -2.29. The zero-order chi connectivity index (χ0) is 15.0. The first-order chi connectivity index (χ1) is 9.32. The Bertz CT molecular complexity index is 666. The summed E-state index contributed by atoms with van der Waals surface area (Å²) in [4.78, 5) is 11.7. The summed E-state index contributed by atoms with van der Waals surface area (Å²) in [5, 5.41) is 3.73. The fraction of sp³-hybridized carbons (Fsp3) is 0.167. The quantitative estimate of drug-likeness (QED) is 0.377. The highest BCUT2D eigenvalue weighted by Gasteiger charge is 2.29. The molecule has 0 radical (unpaired) electrons. The van der Waals surface area contributed by atoms with Crippen molar-refractivity contribution in [1.29, 1.82) is 0 Å². The van der Waals surface area contributed by atoms with E-state index >= 15 is 0 Å². The topological polar surface area (TPSA) is 34.9 Å².